The van der Waals surface area contributed by atoms with Crippen molar-refractivity contribution in [3.63, 3.8) is 0 Å². The molecule has 3 nitrogen and oxygen atoms in total. The molecule has 0 aromatic rings. The fourth-order valence-corrected chi connectivity index (χ4v) is 0.387. The van der Waals surface area contributed by atoms with Crippen molar-refractivity contribution in [3.8, 4) is 12.3 Å². The lowest BCUT2D eigenvalue weighted by Crippen LogP contribution is -2.42. The van der Waals surface area contributed by atoms with Crippen molar-refractivity contribution in [1.82, 2.24) is 5.32 Å². The Kier molecular flexibility index (Phi) is 3.52. The monoisotopic (exact) mass is 140 g/mol. The maximum atomic E-state index is 10.8. The van der Waals surface area contributed by atoms with Gasteiger partial charge in [-0.1, -0.05) is 5.92 Å². The molecular weight excluding hydrogens is 128 g/mol. The van der Waals surface area contributed by atoms with E-state index in [1.54, 1.807) is 13.8 Å². The first kappa shape index (κ1) is 8.99. The number of hydrogen-bond donors (Lipinski definition) is 2. The zero-order valence-corrected chi connectivity index (χ0v) is 6.22. The van der Waals surface area contributed by atoms with Crippen LogP contribution in [0.15, 0.2) is 0 Å². The minimum Gasteiger partial charge on any atom is -0.341 e. The van der Waals surface area contributed by atoms with E-state index in [1.807, 2.05) is 0 Å². The van der Waals surface area contributed by atoms with Gasteiger partial charge in [-0.25, -0.2) is 0 Å². The predicted octanol–water partition coefficient (Wildman–Crippen LogP) is -0.528. The lowest BCUT2D eigenvalue weighted by atomic mass is 10.3. The van der Waals surface area contributed by atoms with Crippen molar-refractivity contribution in [1.29, 1.82) is 0 Å². The van der Waals surface area contributed by atoms with E-state index in [4.69, 9.17) is 12.2 Å². The van der Waals surface area contributed by atoms with Crippen LogP contribution in [-0.2, 0) is 4.79 Å². The van der Waals surface area contributed by atoms with Crippen molar-refractivity contribution in [2.24, 2.45) is 5.73 Å². The molecule has 1 unspecified atom stereocenters. The summed E-state index contributed by atoms with van der Waals surface area (Å²) in [5, 5.41) is 2.53. The first-order valence-corrected chi connectivity index (χ1v) is 3.10. The number of rotatable bonds is 2. The van der Waals surface area contributed by atoms with Gasteiger partial charge >= 0.3 is 0 Å². The molecule has 0 bridgehead atoms. The molecule has 0 fully saturated rings. The quantitative estimate of drug-likeness (QED) is 0.507. The van der Waals surface area contributed by atoms with Crippen LogP contribution in [0.2, 0.25) is 0 Å². The zero-order chi connectivity index (χ0) is 8.15. The van der Waals surface area contributed by atoms with Crippen LogP contribution in [0.5, 0.6) is 0 Å². The molecule has 3 N–H and O–H groups in total. The van der Waals surface area contributed by atoms with Gasteiger partial charge in [-0.3, -0.25) is 4.79 Å². The molecule has 56 valence electrons. The summed E-state index contributed by atoms with van der Waals surface area (Å²) < 4.78 is 0. The Bertz CT molecular complexity index is 157. The number of nitrogens with two attached hydrogens (primary N) is 1. The number of carbonyl (C=O) groups is 1. The Labute approximate surface area is 61.0 Å². The molecule has 0 rings (SSSR count). The second-order valence-corrected chi connectivity index (χ2v) is 2.19. The Morgan fingerprint density at radius 1 is 1.70 bits per heavy atom. The molecule has 1 amide bonds. The van der Waals surface area contributed by atoms with Gasteiger partial charge in [-0.05, 0) is 13.8 Å². The van der Waals surface area contributed by atoms with Crippen molar-refractivity contribution in [3.05, 3.63) is 0 Å². The summed E-state index contributed by atoms with van der Waals surface area (Å²) in [5.41, 5.74) is 5.26. The SMILES string of the molecule is C#CC(C)NC(=O)[C@H](C)N. The fourth-order valence-electron chi connectivity index (χ4n) is 0.387. The highest BCUT2D eigenvalue weighted by molar-refractivity contribution is 5.81. The molecule has 0 saturated heterocycles. The van der Waals surface area contributed by atoms with Gasteiger partial charge in [0.2, 0.25) is 5.91 Å². The van der Waals surface area contributed by atoms with E-state index in [0.29, 0.717) is 0 Å². The van der Waals surface area contributed by atoms with Gasteiger partial charge in [-0.2, -0.15) is 0 Å². The van der Waals surface area contributed by atoms with Gasteiger partial charge in [0, 0.05) is 0 Å². The molecule has 0 radical (unpaired) electrons. The lowest BCUT2D eigenvalue weighted by Gasteiger charge is -2.09. The molecular formula is C7H12N2O. The largest absolute Gasteiger partial charge is 0.341 e. The number of nitrogens with one attached hydrogen (secondary N) is 1. The lowest BCUT2D eigenvalue weighted by molar-refractivity contribution is -0.122. The second kappa shape index (κ2) is 3.91. The molecule has 0 aromatic heterocycles. The van der Waals surface area contributed by atoms with Crippen LogP contribution in [-0.4, -0.2) is 18.0 Å². The van der Waals surface area contributed by atoms with Crippen molar-refractivity contribution in [2.45, 2.75) is 25.9 Å². The fraction of sp³-hybridized carbons (Fsp3) is 0.571. The summed E-state index contributed by atoms with van der Waals surface area (Å²) >= 11 is 0. The third kappa shape index (κ3) is 3.10. The standard InChI is InChI=1S/C7H12N2O/c1-4-5(2)9-7(10)6(3)8/h1,5-6H,8H2,2-3H3,(H,9,10)/t5?,6-/m0/s1. The molecule has 10 heavy (non-hydrogen) atoms. The van der Waals surface area contributed by atoms with Crippen LogP contribution in [0.25, 0.3) is 0 Å². The smallest absolute Gasteiger partial charge is 0.237 e. The third-order valence-electron chi connectivity index (χ3n) is 1.02. The number of hydrogen-bond acceptors (Lipinski definition) is 2. The number of carbonyl (C=O) groups excluding carboxylic acids is 1. The second-order valence-electron chi connectivity index (χ2n) is 2.19. The van der Waals surface area contributed by atoms with E-state index in [0.717, 1.165) is 0 Å². The maximum absolute atomic E-state index is 10.8. The third-order valence-corrected chi connectivity index (χ3v) is 1.02. The molecule has 0 aliphatic carbocycles. The highest BCUT2D eigenvalue weighted by Gasteiger charge is 2.07. The minimum atomic E-state index is -0.490. The Balaban J connectivity index is 3.71. The van der Waals surface area contributed by atoms with E-state index >= 15 is 0 Å². The van der Waals surface area contributed by atoms with Crippen molar-refractivity contribution >= 4 is 5.91 Å². The highest BCUT2D eigenvalue weighted by atomic mass is 16.2. The van der Waals surface area contributed by atoms with E-state index in [1.165, 1.54) is 0 Å². The Morgan fingerprint density at radius 3 is 2.50 bits per heavy atom. The summed E-state index contributed by atoms with van der Waals surface area (Å²) in [7, 11) is 0. The van der Waals surface area contributed by atoms with Gasteiger partial charge in [0.25, 0.3) is 0 Å². The Morgan fingerprint density at radius 2 is 2.20 bits per heavy atom. The van der Waals surface area contributed by atoms with Gasteiger partial charge in [0.05, 0.1) is 12.1 Å². The topological polar surface area (TPSA) is 55.1 Å². The van der Waals surface area contributed by atoms with Crippen LogP contribution >= 0.6 is 0 Å². The predicted molar refractivity (Wildman–Crippen MR) is 40.1 cm³/mol. The average Bonchev–Trinajstić information content (AvgIpc) is 1.87. The van der Waals surface area contributed by atoms with Crippen LogP contribution in [0.3, 0.4) is 0 Å². The van der Waals surface area contributed by atoms with Gasteiger partial charge in [0.15, 0.2) is 0 Å². The molecule has 0 spiro atoms. The Hall–Kier alpha value is -1.01. The maximum Gasteiger partial charge on any atom is 0.237 e. The molecule has 0 aromatic carbocycles. The van der Waals surface area contributed by atoms with Gasteiger partial charge in [0.1, 0.15) is 0 Å². The first-order chi connectivity index (χ1) is 4.57. The summed E-state index contributed by atoms with van der Waals surface area (Å²) in [5.74, 6) is 2.15. The molecule has 3 heteroatoms. The number of amides is 1. The van der Waals surface area contributed by atoms with E-state index < -0.39 is 6.04 Å². The van der Waals surface area contributed by atoms with Gasteiger partial charge in [-0.15, -0.1) is 6.42 Å². The molecule has 2 atom stereocenters. The minimum absolute atomic E-state index is 0.217. The van der Waals surface area contributed by atoms with Crippen LogP contribution < -0.4 is 11.1 Å². The van der Waals surface area contributed by atoms with Crippen LogP contribution in [0.1, 0.15) is 13.8 Å². The summed E-state index contributed by atoms with van der Waals surface area (Å²) in [4.78, 5) is 10.8. The zero-order valence-electron chi connectivity index (χ0n) is 6.22. The van der Waals surface area contributed by atoms with Gasteiger partial charge < -0.3 is 11.1 Å². The highest BCUT2D eigenvalue weighted by Crippen LogP contribution is 1.80. The van der Waals surface area contributed by atoms with Crippen molar-refractivity contribution in [2.75, 3.05) is 0 Å². The van der Waals surface area contributed by atoms with Crippen molar-refractivity contribution < 1.29 is 4.79 Å². The first-order valence-electron chi connectivity index (χ1n) is 3.10. The average molecular weight is 140 g/mol. The summed E-state index contributed by atoms with van der Waals surface area (Å²) in [6.07, 6.45) is 5.01. The molecule has 0 aliphatic heterocycles. The molecule has 0 aliphatic rings. The summed E-state index contributed by atoms with van der Waals surface area (Å²) in [6.45, 7) is 3.33. The van der Waals surface area contributed by atoms with Crippen LogP contribution in [0.4, 0.5) is 0 Å². The number of terminal acetylenes is 1. The molecule has 0 heterocycles. The summed E-state index contributed by atoms with van der Waals surface area (Å²) in [6, 6.07) is -0.728. The normalized spacial score (nSPS) is 15.0. The van der Waals surface area contributed by atoms with E-state index in [-0.39, 0.29) is 11.9 Å². The molecule has 0 saturated carbocycles. The van der Waals surface area contributed by atoms with E-state index in [9.17, 15) is 4.79 Å². The van der Waals surface area contributed by atoms with E-state index in [2.05, 4.69) is 11.2 Å². The van der Waals surface area contributed by atoms with Crippen LogP contribution in [0, 0.1) is 12.3 Å².